The molecule has 4 bridgehead atoms. The van der Waals surface area contributed by atoms with Crippen molar-refractivity contribution in [3.63, 3.8) is 0 Å². The highest BCUT2D eigenvalue weighted by Gasteiger charge is 2.61. The Morgan fingerprint density at radius 1 is 0.514 bits per heavy atom. The summed E-state index contributed by atoms with van der Waals surface area (Å²) in [6, 6.07) is 36.0. The molecule has 4 aromatic rings. The molecule has 5 aliphatic rings. The minimum atomic E-state index is 0.259. The fourth-order valence-electron chi connectivity index (χ4n) is 8.78. The van der Waals surface area contributed by atoms with Crippen molar-refractivity contribution in [2.75, 3.05) is 5.32 Å². The molecule has 4 fully saturated rings. The van der Waals surface area contributed by atoms with Crippen molar-refractivity contribution in [3.8, 4) is 22.3 Å². The van der Waals surface area contributed by atoms with Gasteiger partial charge in [0.25, 0.3) is 0 Å². The average Bonchev–Trinajstić information content (AvgIpc) is 3.18. The van der Waals surface area contributed by atoms with Crippen molar-refractivity contribution in [2.24, 2.45) is 23.7 Å². The molecule has 172 valence electrons. The summed E-state index contributed by atoms with van der Waals surface area (Å²) in [5.74, 6) is 3.62. The molecule has 35 heavy (non-hydrogen) atoms. The second-order valence-corrected chi connectivity index (χ2v) is 11.5. The van der Waals surface area contributed by atoms with Gasteiger partial charge in [-0.1, -0.05) is 72.8 Å². The molecule has 0 atom stereocenters. The van der Waals surface area contributed by atoms with Crippen molar-refractivity contribution in [1.29, 1.82) is 0 Å². The highest BCUT2D eigenvalue weighted by Crippen LogP contribution is 2.69. The van der Waals surface area contributed by atoms with Gasteiger partial charge in [0.1, 0.15) is 0 Å². The van der Waals surface area contributed by atoms with Gasteiger partial charge in [0, 0.05) is 16.8 Å². The maximum absolute atomic E-state index is 3.70. The van der Waals surface area contributed by atoms with Gasteiger partial charge in [0.15, 0.2) is 0 Å². The molecule has 1 N–H and O–H groups in total. The van der Waals surface area contributed by atoms with Crippen LogP contribution in [0.25, 0.3) is 22.3 Å². The van der Waals surface area contributed by atoms with E-state index < -0.39 is 0 Å². The van der Waals surface area contributed by atoms with Gasteiger partial charge in [-0.25, -0.2) is 0 Å². The fraction of sp³-hybridized carbons (Fsp3) is 0.294. The first kappa shape index (κ1) is 19.9. The van der Waals surface area contributed by atoms with Crippen molar-refractivity contribution in [2.45, 2.75) is 37.5 Å². The normalized spacial score (nSPS) is 29.3. The van der Waals surface area contributed by atoms with Crippen LogP contribution >= 0.6 is 0 Å². The third-order valence-corrected chi connectivity index (χ3v) is 9.83. The van der Waals surface area contributed by atoms with Gasteiger partial charge < -0.3 is 5.32 Å². The molecule has 9 rings (SSSR count). The molecule has 4 saturated carbocycles. The first-order chi connectivity index (χ1) is 17.3. The van der Waals surface area contributed by atoms with E-state index in [9.17, 15) is 0 Å². The zero-order valence-electron chi connectivity index (χ0n) is 20.1. The largest absolute Gasteiger partial charge is 0.356 e. The summed E-state index contributed by atoms with van der Waals surface area (Å²) in [6.07, 6.45) is 7.26. The van der Waals surface area contributed by atoms with Crippen LogP contribution in [0.5, 0.6) is 0 Å². The van der Waals surface area contributed by atoms with Crippen LogP contribution in [0.4, 0.5) is 11.4 Å². The Morgan fingerprint density at radius 2 is 1.11 bits per heavy atom. The molecular weight excluding hydrogens is 422 g/mol. The number of anilines is 2. The minimum Gasteiger partial charge on any atom is -0.356 e. The Balaban J connectivity index is 1.17. The van der Waals surface area contributed by atoms with Crippen LogP contribution in [-0.4, -0.2) is 0 Å². The standard InChI is InChI=1S/C34H31N/c1-2-6-24(7-3-1)25-10-12-28(13-11-25)35-29-14-15-33-31(21-29)30-8-4-5-9-32(30)34(33)26-17-22-16-23(19-26)20-27(34)18-22/h1-15,21-23,26-27,35H,16-20H2. The quantitative estimate of drug-likeness (QED) is 0.327. The maximum atomic E-state index is 3.70. The van der Waals surface area contributed by atoms with Crippen molar-refractivity contribution >= 4 is 11.4 Å². The highest BCUT2D eigenvalue weighted by atomic mass is 14.9. The molecule has 0 aliphatic heterocycles. The first-order valence-corrected chi connectivity index (χ1v) is 13.5. The Bertz CT molecular complexity index is 1390. The second-order valence-electron chi connectivity index (χ2n) is 11.5. The van der Waals surface area contributed by atoms with Crippen LogP contribution in [0, 0.1) is 23.7 Å². The van der Waals surface area contributed by atoms with E-state index in [4.69, 9.17) is 0 Å². The topological polar surface area (TPSA) is 12.0 Å². The lowest BCUT2D eigenvalue weighted by Crippen LogP contribution is -2.55. The molecule has 0 saturated heterocycles. The third kappa shape index (κ3) is 2.82. The summed E-state index contributed by atoms with van der Waals surface area (Å²) in [7, 11) is 0. The molecule has 0 radical (unpaired) electrons. The monoisotopic (exact) mass is 453 g/mol. The number of benzene rings is 4. The smallest absolute Gasteiger partial charge is 0.0390 e. The Hall–Kier alpha value is -3.32. The number of rotatable bonds is 3. The van der Waals surface area contributed by atoms with Crippen molar-refractivity contribution < 1.29 is 0 Å². The van der Waals surface area contributed by atoms with E-state index in [1.807, 2.05) is 0 Å². The summed E-state index contributed by atoms with van der Waals surface area (Å²) >= 11 is 0. The van der Waals surface area contributed by atoms with E-state index in [-0.39, 0.29) is 5.41 Å². The summed E-state index contributed by atoms with van der Waals surface area (Å²) < 4.78 is 0. The molecule has 0 aromatic heterocycles. The second kappa shape index (κ2) is 7.34. The fourth-order valence-corrected chi connectivity index (χ4v) is 8.78. The van der Waals surface area contributed by atoms with Crippen LogP contribution in [-0.2, 0) is 5.41 Å². The summed E-state index contributed by atoms with van der Waals surface area (Å²) in [6.45, 7) is 0. The molecule has 1 nitrogen and oxygen atoms in total. The van der Waals surface area contributed by atoms with Gasteiger partial charge >= 0.3 is 0 Å². The molecule has 0 unspecified atom stereocenters. The third-order valence-electron chi connectivity index (χ3n) is 9.83. The molecule has 5 aliphatic carbocycles. The van der Waals surface area contributed by atoms with Crippen LogP contribution in [0.15, 0.2) is 97.1 Å². The predicted octanol–water partition coefficient (Wildman–Crippen LogP) is 8.82. The van der Waals surface area contributed by atoms with Crippen LogP contribution in [0.2, 0.25) is 0 Å². The summed E-state index contributed by atoms with van der Waals surface area (Å²) in [5, 5.41) is 3.70. The van der Waals surface area contributed by atoms with Gasteiger partial charge in [0.2, 0.25) is 0 Å². The predicted molar refractivity (Wildman–Crippen MR) is 145 cm³/mol. The first-order valence-electron chi connectivity index (χ1n) is 13.5. The zero-order chi connectivity index (χ0) is 23.0. The minimum absolute atomic E-state index is 0.259. The van der Waals surface area contributed by atoms with Crippen LogP contribution < -0.4 is 5.32 Å². The molecule has 1 heteroatoms. The SMILES string of the molecule is c1ccc(-c2ccc(Nc3ccc4c(c3)-c3ccccc3C43C4CC5CC(C4)CC3C5)cc2)cc1. The van der Waals surface area contributed by atoms with Crippen LogP contribution in [0.1, 0.15) is 43.2 Å². The molecule has 1 spiro atoms. The molecule has 4 aromatic carbocycles. The highest BCUT2D eigenvalue weighted by molar-refractivity contribution is 5.85. The van der Waals surface area contributed by atoms with E-state index in [2.05, 4.69) is 102 Å². The van der Waals surface area contributed by atoms with Gasteiger partial charge in [-0.15, -0.1) is 0 Å². The van der Waals surface area contributed by atoms with E-state index in [0.29, 0.717) is 0 Å². The van der Waals surface area contributed by atoms with Gasteiger partial charge in [-0.2, -0.15) is 0 Å². The number of hydrogen-bond acceptors (Lipinski definition) is 1. The van der Waals surface area contributed by atoms with Gasteiger partial charge in [0.05, 0.1) is 0 Å². The van der Waals surface area contributed by atoms with E-state index in [1.165, 1.54) is 60.0 Å². The van der Waals surface area contributed by atoms with E-state index in [0.717, 1.165) is 29.4 Å². The Morgan fingerprint density at radius 3 is 1.86 bits per heavy atom. The lowest BCUT2D eigenvalue weighted by atomic mass is 9.43. The molecule has 0 amide bonds. The molecular formula is C34H31N. The van der Waals surface area contributed by atoms with Crippen LogP contribution in [0.3, 0.4) is 0 Å². The molecule has 0 heterocycles. The summed E-state index contributed by atoms with van der Waals surface area (Å²) in [4.78, 5) is 0. The van der Waals surface area contributed by atoms with E-state index in [1.54, 1.807) is 11.1 Å². The zero-order valence-corrected chi connectivity index (χ0v) is 20.1. The lowest BCUT2D eigenvalue weighted by Gasteiger charge is -2.61. The number of hydrogen-bond donors (Lipinski definition) is 1. The van der Waals surface area contributed by atoms with Crippen molar-refractivity contribution in [1.82, 2.24) is 0 Å². The number of nitrogens with one attached hydrogen (secondary N) is 1. The lowest BCUT2D eigenvalue weighted by molar-refractivity contribution is -0.0399. The van der Waals surface area contributed by atoms with Gasteiger partial charge in [-0.3, -0.25) is 0 Å². The average molecular weight is 454 g/mol. The van der Waals surface area contributed by atoms with E-state index >= 15 is 0 Å². The van der Waals surface area contributed by atoms with Crippen molar-refractivity contribution in [3.05, 3.63) is 108 Å². The summed E-state index contributed by atoms with van der Waals surface area (Å²) in [5.41, 5.74) is 11.3. The Labute approximate surface area is 208 Å². The number of fused-ring (bicyclic) bond motifs is 3. The maximum Gasteiger partial charge on any atom is 0.0390 e. The van der Waals surface area contributed by atoms with Gasteiger partial charge in [-0.05, 0) is 113 Å². The Kier molecular flexibility index (Phi) is 4.18.